The summed E-state index contributed by atoms with van der Waals surface area (Å²) in [7, 11) is 0. The number of para-hydroxylation sites is 3. The maximum atomic E-state index is 5.30. The molecular formula is C48H31N3. The fourth-order valence-corrected chi connectivity index (χ4v) is 9.61. The second-order valence-corrected chi connectivity index (χ2v) is 14.7. The second-order valence-electron chi connectivity index (χ2n) is 14.7. The topological polar surface area (TPSA) is 22.2 Å². The van der Waals surface area contributed by atoms with E-state index in [1.54, 1.807) is 0 Å². The molecule has 3 nitrogen and oxygen atoms in total. The minimum atomic E-state index is -0.0967. The molecule has 51 heavy (non-hydrogen) atoms. The van der Waals surface area contributed by atoms with E-state index in [2.05, 4.69) is 174 Å². The summed E-state index contributed by atoms with van der Waals surface area (Å²) in [6, 6.07) is 56.1. The molecule has 238 valence electrons. The van der Waals surface area contributed by atoms with Crippen molar-refractivity contribution in [2.75, 3.05) is 0 Å². The van der Waals surface area contributed by atoms with Crippen LogP contribution in [-0.4, -0.2) is 14.0 Å². The number of benzene rings is 8. The summed E-state index contributed by atoms with van der Waals surface area (Å²) in [4.78, 5) is 5.30. The maximum absolute atomic E-state index is 5.30. The SMILES string of the molecule is CC1(C)c2ccccc2-c2c3c1cccc3cc1c2c2ccccc2n1-c1ccc2c3ccc4ccccc4c3c3nc4ccccc4n3c2c1. The Morgan fingerprint density at radius 2 is 1.20 bits per heavy atom. The van der Waals surface area contributed by atoms with Crippen molar-refractivity contribution in [2.45, 2.75) is 19.3 Å². The molecule has 11 aromatic rings. The van der Waals surface area contributed by atoms with E-state index in [9.17, 15) is 0 Å². The predicted molar refractivity (Wildman–Crippen MR) is 215 cm³/mol. The van der Waals surface area contributed by atoms with Gasteiger partial charge >= 0.3 is 0 Å². The molecule has 0 atom stereocenters. The Kier molecular flexibility index (Phi) is 5.05. The standard InChI is InChI=1S/C48H31N3/c1-48(2)36-17-7-5-15-34(36)46-43-29(13-11-18-37(43)48)26-42-45(46)35-16-6-9-20-39(35)50(42)30-23-25-32-33-24-22-28-12-3-4-14-31(28)44(33)47-49-38-19-8-10-21-40(38)51(47)41(32)27-30/h3-27H,1-2H3. The number of fused-ring (bicyclic) bond motifs is 16. The van der Waals surface area contributed by atoms with Crippen LogP contribution in [0.4, 0.5) is 0 Å². The van der Waals surface area contributed by atoms with Crippen molar-refractivity contribution in [1.29, 1.82) is 0 Å². The van der Waals surface area contributed by atoms with Crippen molar-refractivity contribution >= 4 is 81.7 Å². The Bertz CT molecular complexity index is 3340. The molecule has 0 fully saturated rings. The van der Waals surface area contributed by atoms with Crippen molar-refractivity contribution < 1.29 is 0 Å². The van der Waals surface area contributed by atoms with Gasteiger partial charge in [-0.3, -0.25) is 4.40 Å². The quantitative estimate of drug-likeness (QED) is 0.162. The van der Waals surface area contributed by atoms with Gasteiger partial charge in [0, 0.05) is 38.2 Å². The van der Waals surface area contributed by atoms with E-state index in [0.29, 0.717) is 0 Å². The first-order chi connectivity index (χ1) is 25.1. The smallest absolute Gasteiger partial charge is 0.147 e. The monoisotopic (exact) mass is 649 g/mol. The summed E-state index contributed by atoms with van der Waals surface area (Å²) in [5, 5.41) is 11.3. The number of imidazole rings is 1. The summed E-state index contributed by atoms with van der Waals surface area (Å²) < 4.78 is 4.88. The summed E-state index contributed by atoms with van der Waals surface area (Å²) in [6.45, 7) is 4.75. The van der Waals surface area contributed by atoms with E-state index in [4.69, 9.17) is 4.98 Å². The van der Waals surface area contributed by atoms with Crippen LogP contribution in [0.15, 0.2) is 152 Å². The third kappa shape index (κ3) is 3.36. The zero-order valence-electron chi connectivity index (χ0n) is 28.3. The Labute approximate surface area is 293 Å². The van der Waals surface area contributed by atoms with Gasteiger partial charge in [0.05, 0.1) is 27.6 Å². The van der Waals surface area contributed by atoms with E-state index in [1.165, 1.54) is 81.8 Å². The lowest BCUT2D eigenvalue weighted by Crippen LogP contribution is -2.23. The Hall–Kier alpha value is -6.45. The molecule has 1 aliphatic rings. The zero-order valence-corrected chi connectivity index (χ0v) is 28.3. The van der Waals surface area contributed by atoms with E-state index in [-0.39, 0.29) is 5.41 Å². The van der Waals surface area contributed by atoms with Crippen LogP contribution in [0, 0.1) is 0 Å². The Balaban J connectivity index is 1.26. The third-order valence-electron chi connectivity index (χ3n) is 11.8. The molecule has 0 bridgehead atoms. The molecular weight excluding hydrogens is 619 g/mol. The molecule has 0 N–H and O–H groups in total. The lowest BCUT2D eigenvalue weighted by molar-refractivity contribution is 0.645. The largest absolute Gasteiger partial charge is 0.309 e. The molecule has 0 unspecified atom stereocenters. The van der Waals surface area contributed by atoms with Crippen LogP contribution >= 0.6 is 0 Å². The molecule has 12 rings (SSSR count). The van der Waals surface area contributed by atoms with Crippen LogP contribution in [0.5, 0.6) is 0 Å². The zero-order chi connectivity index (χ0) is 33.6. The highest BCUT2D eigenvalue weighted by Gasteiger charge is 2.35. The number of hydrogen-bond acceptors (Lipinski definition) is 1. The van der Waals surface area contributed by atoms with Crippen molar-refractivity contribution in [2.24, 2.45) is 0 Å². The van der Waals surface area contributed by atoms with Gasteiger partial charge in [-0.25, -0.2) is 4.98 Å². The van der Waals surface area contributed by atoms with Crippen molar-refractivity contribution in [3.8, 4) is 16.8 Å². The van der Waals surface area contributed by atoms with Gasteiger partial charge in [-0.05, 0) is 80.0 Å². The van der Waals surface area contributed by atoms with Crippen molar-refractivity contribution in [1.82, 2.24) is 14.0 Å². The van der Waals surface area contributed by atoms with Crippen LogP contribution in [0.25, 0.3) is 98.5 Å². The van der Waals surface area contributed by atoms with E-state index >= 15 is 0 Å². The van der Waals surface area contributed by atoms with Crippen molar-refractivity contribution in [3.05, 3.63) is 163 Å². The Morgan fingerprint density at radius 1 is 0.471 bits per heavy atom. The highest BCUT2D eigenvalue weighted by Crippen LogP contribution is 2.53. The average Bonchev–Trinajstić information content (AvgIpc) is 3.72. The summed E-state index contributed by atoms with van der Waals surface area (Å²) >= 11 is 0. The molecule has 3 heteroatoms. The molecule has 0 saturated heterocycles. The average molecular weight is 650 g/mol. The minimum Gasteiger partial charge on any atom is -0.309 e. The lowest BCUT2D eigenvalue weighted by atomic mass is 9.68. The minimum absolute atomic E-state index is 0.0967. The first-order valence-electron chi connectivity index (χ1n) is 17.8. The summed E-state index contributed by atoms with van der Waals surface area (Å²) in [5.41, 5.74) is 13.2. The van der Waals surface area contributed by atoms with E-state index in [0.717, 1.165) is 27.9 Å². The fraction of sp³-hybridized carbons (Fsp3) is 0.0625. The fourth-order valence-electron chi connectivity index (χ4n) is 9.61. The summed E-state index contributed by atoms with van der Waals surface area (Å²) in [5.74, 6) is 0. The number of rotatable bonds is 1. The van der Waals surface area contributed by atoms with Crippen LogP contribution < -0.4 is 0 Å². The van der Waals surface area contributed by atoms with Crippen LogP contribution in [-0.2, 0) is 5.41 Å². The summed E-state index contributed by atoms with van der Waals surface area (Å²) in [6.07, 6.45) is 0. The molecule has 0 amide bonds. The maximum Gasteiger partial charge on any atom is 0.147 e. The number of pyridine rings is 1. The highest BCUT2D eigenvalue weighted by molar-refractivity contribution is 6.26. The third-order valence-corrected chi connectivity index (χ3v) is 11.8. The van der Waals surface area contributed by atoms with Crippen LogP contribution in [0.3, 0.4) is 0 Å². The predicted octanol–water partition coefficient (Wildman–Crippen LogP) is 12.5. The molecule has 1 aliphatic carbocycles. The molecule has 3 heterocycles. The first kappa shape index (κ1) is 27.4. The van der Waals surface area contributed by atoms with Gasteiger partial charge in [-0.1, -0.05) is 129 Å². The van der Waals surface area contributed by atoms with Gasteiger partial charge in [0.1, 0.15) is 5.65 Å². The van der Waals surface area contributed by atoms with Gasteiger partial charge < -0.3 is 4.57 Å². The number of hydrogen-bond donors (Lipinski definition) is 0. The number of aromatic nitrogens is 3. The molecule has 0 saturated carbocycles. The van der Waals surface area contributed by atoms with Gasteiger partial charge in [-0.2, -0.15) is 0 Å². The highest BCUT2D eigenvalue weighted by atomic mass is 15.0. The molecule has 0 aliphatic heterocycles. The van der Waals surface area contributed by atoms with Crippen LogP contribution in [0.2, 0.25) is 0 Å². The van der Waals surface area contributed by atoms with Crippen LogP contribution in [0.1, 0.15) is 25.0 Å². The van der Waals surface area contributed by atoms with E-state index < -0.39 is 0 Å². The number of nitrogens with zero attached hydrogens (tertiary/aromatic N) is 3. The molecule has 3 aromatic heterocycles. The van der Waals surface area contributed by atoms with E-state index in [1.807, 2.05) is 0 Å². The second kappa shape index (κ2) is 9.41. The van der Waals surface area contributed by atoms with Crippen molar-refractivity contribution in [3.63, 3.8) is 0 Å². The van der Waals surface area contributed by atoms with Gasteiger partial charge in [-0.15, -0.1) is 0 Å². The van der Waals surface area contributed by atoms with Gasteiger partial charge in [0.15, 0.2) is 0 Å². The molecule has 0 radical (unpaired) electrons. The van der Waals surface area contributed by atoms with Gasteiger partial charge in [0.25, 0.3) is 0 Å². The lowest BCUT2D eigenvalue weighted by Gasteiger charge is -2.35. The normalized spacial score (nSPS) is 13.8. The Morgan fingerprint density at radius 3 is 2.12 bits per heavy atom. The first-order valence-corrected chi connectivity index (χ1v) is 17.8. The molecule has 8 aromatic carbocycles. The van der Waals surface area contributed by atoms with Gasteiger partial charge in [0.2, 0.25) is 0 Å². The molecule has 0 spiro atoms.